The van der Waals surface area contributed by atoms with Crippen molar-refractivity contribution in [3.05, 3.63) is 40.8 Å². The number of benzene rings is 1. The Labute approximate surface area is 122 Å². The lowest BCUT2D eigenvalue weighted by Gasteiger charge is -2.09. The maximum Gasteiger partial charge on any atom is 0.133 e. The molecule has 1 aromatic carbocycles. The fourth-order valence-corrected chi connectivity index (χ4v) is 2.26. The average Bonchev–Trinajstić information content (AvgIpc) is 3.30. The molecule has 0 radical (unpaired) electrons. The summed E-state index contributed by atoms with van der Waals surface area (Å²) in [6, 6.07) is 9.06. The van der Waals surface area contributed by atoms with Gasteiger partial charge in [-0.25, -0.2) is 9.97 Å². The predicted octanol–water partition coefficient (Wildman–Crippen LogP) is 3.55. The molecule has 0 spiro atoms. The van der Waals surface area contributed by atoms with Crippen molar-refractivity contribution >= 4 is 11.6 Å². The van der Waals surface area contributed by atoms with E-state index in [1.165, 1.54) is 0 Å². The van der Waals surface area contributed by atoms with E-state index in [0.29, 0.717) is 28.1 Å². The van der Waals surface area contributed by atoms with E-state index in [0.717, 1.165) is 24.2 Å². The quantitative estimate of drug-likeness (QED) is 0.809. The van der Waals surface area contributed by atoms with Gasteiger partial charge in [-0.2, -0.15) is 5.26 Å². The highest BCUT2D eigenvalue weighted by Crippen LogP contribution is 2.40. The van der Waals surface area contributed by atoms with Gasteiger partial charge in [-0.05, 0) is 31.0 Å². The molecule has 0 bridgehead atoms. The molecule has 0 unspecified atom stereocenters. The van der Waals surface area contributed by atoms with Crippen molar-refractivity contribution in [2.24, 2.45) is 0 Å². The Morgan fingerprint density at radius 2 is 2.10 bits per heavy atom. The Hall–Kier alpha value is -2.12. The molecule has 100 valence electrons. The second-order valence-corrected chi connectivity index (χ2v) is 5.12. The largest absolute Gasteiger partial charge is 0.496 e. The number of hydrogen-bond donors (Lipinski definition) is 0. The standard InChI is InChI=1S/C15H12ClN3O/c1-20-13-5-2-9(8-17)6-11(13)12-7-14(16)19-15(18-12)10-3-4-10/h2,5-7,10H,3-4H2,1H3. The molecule has 0 aliphatic heterocycles. The van der Waals surface area contributed by atoms with Crippen molar-refractivity contribution in [3.63, 3.8) is 0 Å². The SMILES string of the molecule is COc1ccc(C#N)cc1-c1cc(Cl)nc(C2CC2)n1. The Bertz CT molecular complexity index is 705. The monoisotopic (exact) mass is 285 g/mol. The molecule has 0 atom stereocenters. The van der Waals surface area contributed by atoms with E-state index in [-0.39, 0.29) is 0 Å². The Morgan fingerprint density at radius 1 is 1.30 bits per heavy atom. The molecule has 2 aromatic rings. The number of nitriles is 1. The van der Waals surface area contributed by atoms with E-state index in [9.17, 15) is 0 Å². The van der Waals surface area contributed by atoms with Gasteiger partial charge in [0, 0.05) is 17.5 Å². The Balaban J connectivity index is 2.14. The zero-order valence-corrected chi connectivity index (χ0v) is 11.7. The van der Waals surface area contributed by atoms with Gasteiger partial charge < -0.3 is 4.74 Å². The number of hydrogen-bond acceptors (Lipinski definition) is 4. The van der Waals surface area contributed by atoms with Crippen molar-refractivity contribution in [2.75, 3.05) is 7.11 Å². The van der Waals surface area contributed by atoms with Crippen LogP contribution in [0.15, 0.2) is 24.3 Å². The van der Waals surface area contributed by atoms with Gasteiger partial charge in [0.25, 0.3) is 0 Å². The van der Waals surface area contributed by atoms with Crippen molar-refractivity contribution in [1.29, 1.82) is 5.26 Å². The van der Waals surface area contributed by atoms with Crippen LogP contribution in [-0.4, -0.2) is 17.1 Å². The van der Waals surface area contributed by atoms with Gasteiger partial charge >= 0.3 is 0 Å². The van der Waals surface area contributed by atoms with Gasteiger partial charge in [-0.3, -0.25) is 0 Å². The van der Waals surface area contributed by atoms with Crippen molar-refractivity contribution in [3.8, 4) is 23.1 Å². The van der Waals surface area contributed by atoms with E-state index in [4.69, 9.17) is 21.6 Å². The number of rotatable bonds is 3. The van der Waals surface area contributed by atoms with Gasteiger partial charge in [0.1, 0.15) is 16.7 Å². The smallest absolute Gasteiger partial charge is 0.133 e. The maximum atomic E-state index is 9.03. The molecule has 4 nitrogen and oxygen atoms in total. The normalized spacial score (nSPS) is 13.8. The highest BCUT2D eigenvalue weighted by molar-refractivity contribution is 6.29. The average molecular weight is 286 g/mol. The topological polar surface area (TPSA) is 58.8 Å². The summed E-state index contributed by atoms with van der Waals surface area (Å²) in [5.41, 5.74) is 2.02. The third-order valence-electron chi connectivity index (χ3n) is 3.26. The first kappa shape index (κ1) is 12.9. The third-order valence-corrected chi connectivity index (χ3v) is 3.45. The van der Waals surface area contributed by atoms with Crippen LogP contribution in [0.25, 0.3) is 11.3 Å². The van der Waals surface area contributed by atoms with Gasteiger partial charge in [0.05, 0.1) is 24.4 Å². The highest BCUT2D eigenvalue weighted by atomic mass is 35.5. The van der Waals surface area contributed by atoms with Crippen LogP contribution in [0, 0.1) is 11.3 Å². The lowest BCUT2D eigenvalue weighted by molar-refractivity contribution is 0.416. The molecule has 1 aliphatic rings. The van der Waals surface area contributed by atoms with Crippen molar-refractivity contribution in [1.82, 2.24) is 9.97 Å². The summed E-state index contributed by atoms with van der Waals surface area (Å²) in [4.78, 5) is 8.83. The van der Waals surface area contributed by atoms with Crippen LogP contribution in [0.5, 0.6) is 5.75 Å². The molecule has 1 aliphatic carbocycles. The molecule has 0 N–H and O–H groups in total. The van der Waals surface area contributed by atoms with Crippen molar-refractivity contribution in [2.45, 2.75) is 18.8 Å². The van der Waals surface area contributed by atoms with E-state index >= 15 is 0 Å². The van der Waals surface area contributed by atoms with Crippen LogP contribution in [0.4, 0.5) is 0 Å². The molecular weight excluding hydrogens is 274 g/mol. The highest BCUT2D eigenvalue weighted by Gasteiger charge is 2.27. The molecule has 1 saturated carbocycles. The second-order valence-electron chi connectivity index (χ2n) is 4.74. The van der Waals surface area contributed by atoms with Crippen LogP contribution in [0.3, 0.4) is 0 Å². The van der Waals surface area contributed by atoms with Crippen LogP contribution in [0.2, 0.25) is 5.15 Å². The number of ether oxygens (including phenoxy) is 1. The summed E-state index contributed by atoms with van der Waals surface area (Å²) in [5, 5.41) is 9.45. The summed E-state index contributed by atoms with van der Waals surface area (Å²) >= 11 is 6.08. The molecule has 0 saturated heterocycles. The molecule has 3 rings (SSSR count). The van der Waals surface area contributed by atoms with Crippen molar-refractivity contribution < 1.29 is 4.74 Å². The maximum absolute atomic E-state index is 9.03. The summed E-state index contributed by atoms with van der Waals surface area (Å²) in [6.07, 6.45) is 2.21. The first-order valence-corrected chi connectivity index (χ1v) is 6.72. The first-order valence-electron chi connectivity index (χ1n) is 6.34. The number of aromatic nitrogens is 2. The zero-order valence-electron chi connectivity index (χ0n) is 10.9. The van der Waals surface area contributed by atoms with Gasteiger partial charge in [-0.15, -0.1) is 0 Å². The predicted molar refractivity (Wildman–Crippen MR) is 75.7 cm³/mol. The molecule has 5 heteroatoms. The van der Waals surface area contributed by atoms with Gasteiger partial charge in [-0.1, -0.05) is 11.6 Å². The van der Waals surface area contributed by atoms with E-state index < -0.39 is 0 Å². The summed E-state index contributed by atoms with van der Waals surface area (Å²) in [7, 11) is 1.59. The molecule has 1 fully saturated rings. The fraction of sp³-hybridized carbons (Fsp3) is 0.267. The zero-order chi connectivity index (χ0) is 14.1. The summed E-state index contributed by atoms with van der Waals surface area (Å²) in [6.45, 7) is 0. The molecule has 20 heavy (non-hydrogen) atoms. The van der Waals surface area contributed by atoms with Crippen LogP contribution in [-0.2, 0) is 0 Å². The third kappa shape index (κ3) is 2.45. The van der Waals surface area contributed by atoms with Crippen LogP contribution >= 0.6 is 11.6 Å². The van der Waals surface area contributed by atoms with E-state index in [1.54, 1.807) is 31.4 Å². The number of nitrogens with zero attached hydrogens (tertiary/aromatic N) is 3. The molecular formula is C15H12ClN3O. The molecule has 1 aromatic heterocycles. The van der Waals surface area contributed by atoms with Gasteiger partial charge in [0.15, 0.2) is 0 Å². The van der Waals surface area contributed by atoms with Crippen LogP contribution < -0.4 is 4.74 Å². The number of halogens is 1. The van der Waals surface area contributed by atoms with Gasteiger partial charge in [0.2, 0.25) is 0 Å². The minimum absolute atomic E-state index is 0.414. The van der Waals surface area contributed by atoms with E-state index in [1.807, 2.05) is 0 Å². The second kappa shape index (κ2) is 5.10. The van der Waals surface area contributed by atoms with E-state index in [2.05, 4.69) is 16.0 Å². The lowest BCUT2D eigenvalue weighted by Crippen LogP contribution is -1.97. The minimum atomic E-state index is 0.414. The minimum Gasteiger partial charge on any atom is -0.496 e. The summed E-state index contributed by atoms with van der Waals surface area (Å²) < 4.78 is 5.34. The number of methoxy groups -OCH3 is 1. The Kier molecular flexibility index (Phi) is 3.29. The first-order chi connectivity index (χ1) is 9.71. The fourth-order valence-electron chi connectivity index (χ4n) is 2.07. The van der Waals surface area contributed by atoms with Crippen LogP contribution in [0.1, 0.15) is 30.1 Å². The summed E-state index contributed by atoms with van der Waals surface area (Å²) in [5.74, 6) is 1.86. The molecule has 0 amide bonds. The lowest BCUT2D eigenvalue weighted by atomic mass is 10.1. The Morgan fingerprint density at radius 3 is 2.75 bits per heavy atom. The molecule has 1 heterocycles.